The smallest absolute Gasteiger partial charge is 0.198 e. The monoisotopic (exact) mass is 346 g/mol. The highest BCUT2D eigenvalue weighted by molar-refractivity contribution is 5.97. The van der Waals surface area contributed by atoms with Gasteiger partial charge in [-0.05, 0) is 48.7 Å². The maximum atomic E-state index is 4.86. The highest BCUT2D eigenvalue weighted by Gasteiger charge is 2.22. The minimum atomic E-state index is 0.595. The van der Waals surface area contributed by atoms with Crippen LogP contribution in [0.3, 0.4) is 0 Å². The molecule has 0 bridgehead atoms. The van der Waals surface area contributed by atoms with E-state index in [1.807, 2.05) is 24.4 Å². The molecule has 1 aliphatic heterocycles. The van der Waals surface area contributed by atoms with E-state index >= 15 is 0 Å². The highest BCUT2D eigenvalue weighted by atomic mass is 15.3. The minimum absolute atomic E-state index is 0.595. The standard InChI is InChI=1S/C20H22N6/c1-2-21-20(25-13-9-17-6-3-4-7-18(17)25)23-15-16-8-11-22-19(14-16)26-12-5-10-24-26/h3-8,10-12,14H,2,9,13,15H2,1H3,(H,21,23). The number of aromatic nitrogens is 3. The Bertz CT molecular complexity index is 900. The number of benzene rings is 1. The Labute approximate surface area is 153 Å². The van der Waals surface area contributed by atoms with E-state index in [-0.39, 0.29) is 0 Å². The predicted molar refractivity (Wildman–Crippen MR) is 104 cm³/mol. The van der Waals surface area contributed by atoms with E-state index in [9.17, 15) is 0 Å². The second-order valence-electron chi connectivity index (χ2n) is 6.17. The van der Waals surface area contributed by atoms with Crippen LogP contribution in [0.5, 0.6) is 0 Å². The third kappa shape index (κ3) is 3.31. The Morgan fingerprint density at radius 3 is 2.96 bits per heavy atom. The third-order valence-corrected chi connectivity index (χ3v) is 4.44. The fraction of sp³-hybridized carbons (Fsp3) is 0.250. The lowest BCUT2D eigenvalue weighted by Gasteiger charge is -2.22. The number of fused-ring (bicyclic) bond motifs is 1. The molecule has 0 aliphatic carbocycles. The fourth-order valence-corrected chi connectivity index (χ4v) is 3.21. The van der Waals surface area contributed by atoms with Gasteiger partial charge in [0.2, 0.25) is 0 Å². The van der Waals surface area contributed by atoms with E-state index in [4.69, 9.17) is 4.99 Å². The zero-order chi connectivity index (χ0) is 17.8. The molecule has 3 aromatic rings. The number of para-hydroxylation sites is 1. The topological polar surface area (TPSA) is 58.3 Å². The summed E-state index contributed by atoms with van der Waals surface area (Å²) in [5, 5.41) is 7.66. The Morgan fingerprint density at radius 2 is 2.12 bits per heavy atom. The molecule has 26 heavy (non-hydrogen) atoms. The first kappa shape index (κ1) is 16.3. The summed E-state index contributed by atoms with van der Waals surface area (Å²) >= 11 is 0. The second-order valence-corrected chi connectivity index (χ2v) is 6.17. The van der Waals surface area contributed by atoms with Gasteiger partial charge in [0.1, 0.15) is 0 Å². The average molecular weight is 346 g/mol. The number of aliphatic imine (C=N–C) groups is 1. The molecule has 1 aliphatic rings. The molecule has 6 heteroatoms. The number of rotatable bonds is 4. The van der Waals surface area contributed by atoms with Crippen molar-refractivity contribution in [1.29, 1.82) is 0 Å². The lowest BCUT2D eigenvalue weighted by atomic mass is 10.2. The van der Waals surface area contributed by atoms with Crippen molar-refractivity contribution in [3.8, 4) is 5.82 Å². The number of hydrogen-bond donors (Lipinski definition) is 1. The van der Waals surface area contributed by atoms with E-state index in [1.54, 1.807) is 17.1 Å². The van der Waals surface area contributed by atoms with Gasteiger partial charge in [-0.1, -0.05) is 18.2 Å². The first-order valence-corrected chi connectivity index (χ1v) is 8.94. The van der Waals surface area contributed by atoms with Crippen molar-refractivity contribution >= 4 is 11.6 Å². The summed E-state index contributed by atoms with van der Waals surface area (Å²) in [7, 11) is 0. The van der Waals surface area contributed by atoms with Crippen molar-refractivity contribution in [2.24, 2.45) is 4.99 Å². The van der Waals surface area contributed by atoms with Gasteiger partial charge in [0.05, 0.1) is 6.54 Å². The SMILES string of the molecule is CCNC(=NCc1ccnc(-n2cccn2)c1)N1CCc2ccccc21. The van der Waals surface area contributed by atoms with Crippen LogP contribution in [0.15, 0.2) is 66.0 Å². The van der Waals surface area contributed by atoms with Crippen molar-refractivity contribution in [1.82, 2.24) is 20.1 Å². The normalized spacial score (nSPS) is 13.7. The van der Waals surface area contributed by atoms with Crippen molar-refractivity contribution in [3.63, 3.8) is 0 Å². The number of pyridine rings is 1. The van der Waals surface area contributed by atoms with Crippen LogP contribution in [0.4, 0.5) is 5.69 Å². The Hall–Kier alpha value is -3.15. The molecule has 6 nitrogen and oxygen atoms in total. The minimum Gasteiger partial charge on any atom is -0.356 e. The Morgan fingerprint density at radius 1 is 1.19 bits per heavy atom. The maximum Gasteiger partial charge on any atom is 0.198 e. The Kier molecular flexibility index (Phi) is 4.64. The summed E-state index contributed by atoms with van der Waals surface area (Å²) < 4.78 is 1.76. The number of hydrogen-bond acceptors (Lipinski definition) is 3. The van der Waals surface area contributed by atoms with Crippen molar-refractivity contribution in [3.05, 3.63) is 72.2 Å². The molecule has 0 fully saturated rings. The van der Waals surface area contributed by atoms with Gasteiger partial charge in [-0.3, -0.25) is 0 Å². The quantitative estimate of drug-likeness (QED) is 0.583. The lowest BCUT2D eigenvalue weighted by molar-refractivity contribution is 0.839. The van der Waals surface area contributed by atoms with Gasteiger partial charge in [0, 0.05) is 37.4 Å². The van der Waals surface area contributed by atoms with Crippen LogP contribution in [0.1, 0.15) is 18.1 Å². The molecule has 1 aromatic carbocycles. The molecule has 3 heterocycles. The van der Waals surface area contributed by atoms with E-state index in [1.165, 1.54) is 11.3 Å². The number of nitrogens with one attached hydrogen (secondary N) is 1. The average Bonchev–Trinajstić information content (AvgIpc) is 3.35. The summed E-state index contributed by atoms with van der Waals surface area (Å²) in [4.78, 5) is 11.5. The number of nitrogens with zero attached hydrogens (tertiary/aromatic N) is 5. The zero-order valence-corrected chi connectivity index (χ0v) is 14.8. The Balaban J connectivity index is 1.57. The first-order valence-electron chi connectivity index (χ1n) is 8.94. The van der Waals surface area contributed by atoms with Crippen molar-refractivity contribution in [2.45, 2.75) is 19.9 Å². The summed E-state index contributed by atoms with van der Waals surface area (Å²) in [5.41, 5.74) is 3.73. The molecule has 0 spiro atoms. The molecule has 0 atom stereocenters. The van der Waals surface area contributed by atoms with Crippen molar-refractivity contribution in [2.75, 3.05) is 18.0 Å². The van der Waals surface area contributed by atoms with Gasteiger partial charge >= 0.3 is 0 Å². The summed E-state index contributed by atoms with van der Waals surface area (Å²) in [6.45, 7) is 4.49. The van der Waals surface area contributed by atoms with Gasteiger partial charge in [0.15, 0.2) is 11.8 Å². The van der Waals surface area contributed by atoms with E-state index in [2.05, 4.69) is 51.5 Å². The van der Waals surface area contributed by atoms with Gasteiger partial charge in [-0.25, -0.2) is 14.7 Å². The molecule has 1 N–H and O–H groups in total. The molecular formula is C20H22N6. The van der Waals surface area contributed by atoms with Crippen LogP contribution in [-0.2, 0) is 13.0 Å². The maximum absolute atomic E-state index is 4.86. The third-order valence-electron chi connectivity index (χ3n) is 4.44. The second kappa shape index (κ2) is 7.39. The molecule has 0 saturated carbocycles. The highest BCUT2D eigenvalue weighted by Crippen LogP contribution is 2.27. The van der Waals surface area contributed by atoms with Gasteiger partial charge in [-0.2, -0.15) is 5.10 Å². The molecule has 4 rings (SSSR count). The zero-order valence-electron chi connectivity index (χ0n) is 14.8. The molecule has 0 unspecified atom stereocenters. The summed E-state index contributed by atoms with van der Waals surface area (Å²) in [5.74, 6) is 1.73. The van der Waals surface area contributed by atoms with Crippen molar-refractivity contribution < 1.29 is 0 Å². The van der Waals surface area contributed by atoms with E-state index < -0.39 is 0 Å². The molecule has 0 saturated heterocycles. The van der Waals surface area contributed by atoms with Crippen LogP contribution in [0.25, 0.3) is 5.82 Å². The van der Waals surface area contributed by atoms with Crippen LogP contribution in [0.2, 0.25) is 0 Å². The summed E-state index contributed by atoms with van der Waals surface area (Å²) in [6.07, 6.45) is 6.50. The van der Waals surface area contributed by atoms with Gasteiger partial charge in [-0.15, -0.1) is 0 Å². The van der Waals surface area contributed by atoms with Crippen LogP contribution < -0.4 is 10.2 Å². The van der Waals surface area contributed by atoms with Crippen LogP contribution in [-0.4, -0.2) is 33.8 Å². The first-order chi connectivity index (χ1) is 12.8. The van der Waals surface area contributed by atoms with E-state index in [0.29, 0.717) is 6.54 Å². The largest absolute Gasteiger partial charge is 0.356 e. The number of guanidine groups is 1. The molecule has 132 valence electrons. The van der Waals surface area contributed by atoms with Gasteiger partial charge in [0.25, 0.3) is 0 Å². The molecule has 0 amide bonds. The molecule has 0 radical (unpaired) electrons. The predicted octanol–water partition coefficient (Wildman–Crippen LogP) is 2.80. The summed E-state index contributed by atoms with van der Waals surface area (Å²) in [6, 6.07) is 14.5. The van der Waals surface area contributed by atoms with Crippen LogP contribution >= 0.6 is 0 Å². The molecule has 2 aromatic heterocycles. The molecular weight excluding hydrogens is 324 g/mol. The van der Waals surface area contributed by atoms with E-state index in [0.717, 1.165) is 36.9 Å². The van der Waals surface area contributed by atoms with Crippen LogP contribution in [0, 0.1) is 0 Å². The number of anilines is 1. The lowest BCUT2D eigenvalue weighted by Crippen LogP contribution is -2.40. The fourth-order valence-electron chi connectivity index (χ4n) is 3.21. The van der Waals surface area contributed by atoms with Gasteiger partial charge < -0.3 is 10.2 Å².